The number of carbonyl (C=O) groups is 1. The van der Waals surface area contributed by atoms with E-state index in [9.17, 15) is 4.79 Å². The van der Waals surface area contributed by atoms with E-state index in [-0.39, 0.29) is 22.7 Å². The molecule has 2 aromatic rings. The Balaban J connectivity index is 2.15. The number of pyridine rings is 1. The van der Waals surface area contributed by atoms with Crippen LogP contribution in [0, 0.1) is 0 Å². The highest BCUT2D eigenvalue weighted by molar-refractivity contribution is 6.32. The number of aromatic nitrogens is 1. The third kappa shape index (κ3) is 3.23. The summed E-state index contributed by atoms with van der Waals surface area (Å²) >= 11 is 5.89. The van der Waals surface area contributed by atoms with E-state index < -0.39 is 0 Å². The van der Waals surface area contributed by atoms with Crippen LogP contribution in [0.25, 0.3) is 0 Å². The van der Waals surface area contributed by atoms with Crippen molar-refractivity contribution in [3.05, 3.63) is 58.9 Å². The van der Waals surface area contributed by atoms with Crippen LogP contribution >= 0.6 is 11.6 Å². The molecule has 1 amide bonds. The normalized spacial score (nSPS) is 11.9. The molecule has 0 bridgehead atoms. The molecule has 1 atom stereocenters. The summed E-state index contributed by atoms with van der Waals surface area (Å²) in [5, 5.41) is 3.01. The lowest BCUT2D eigenvalue weighted by Crippen LogP contribution is -2.27. The molecule has 0 fully saturated rings. The third-order valence-electron chi connectivity index (χ3n) is 2.75. The fourth-order valence-electron chi connectivity index (χ4n) is 1.72. The van der Waals surface area contributed by atoms with Gasteiger partial charge in [0, 0.05) is 0 Å². The van der Waals surface area contributed by atoms with Gasteiger partial charge in [0.1, 0.15) is 5.15 Å². The zero-order chi connectivity index (χ0) is 13.8. The van der Waals surface area contributed by atoms with Crippen molar-refractivity contribution in [3.63, 3.8) is 0 Å². The molecule has 0 radical (unpaired) electrons. The van der Waals surface area contributed by atoms with E-state index in [1.165, 1.54) is 12.3 Å². The summed E-state index contributed by atoms with van der Waals surface area (Å²) in [5.41, 5.74) is 7.31. The maximum atomic E-state index is 12.1. The van der Waals surface area contributed by atoms with Gasteiger partial charge in [0.25, 0.3) is 5.91 Å². The largest absolute Gasteiger partial charge is 0.397 e. The van der Waals surface area contributed by atoms with Gasteiger partial charge in [-0.25, -0.2) is 4.98 Å². The highest BCUT2D eigenvalue weighted by Gasteiger charge is 2.15. The van der Waals surface area contributed by atoms with Crippen LogP contribution in [0.4, 0.5) is 5.69 Å². The lowest BCUT2D eigenvalue weighted by molar-refractivity contribution is 0.0939. The molecule has 5 heteroatoms. The van der Waals surface area contributed by atoms with Crippen LogP contribution in [0.5, 0.6) is 0 Å². The van der Waals surface area contributed by atoms with E-state index in [4.69, 9.17) is 17.3 Å². The van der Waals surface area contributed by atoms with Crippen LogP contribution in [-0.4, -0.2) is 10.9 Å². The molecule has 1 aromatic heterocycles. The zero-order valence-electron chi connectivity index (χ0n) is 10.4. The fourth-order valence-corrected chi connectivity index (χ4v) is 1.91. The van der Waals surface area contributed by atoms with Crippen molar-refractivity contribution in [1.29, 1.82) is 0 Å². The Morgan fingerprint density at radius 1 is 1.37 bits per heavy atom. The van der Waals surface area contributed by atoms with Gasteiger partial charge < -0.3 is 11.1 Å². The Morgan fingerprint density at radius 3 is 2.74 bits per heavy atom. The van der Waals surface area contributed by atoms with Gasteiger partial charge in [-0.15, -0.1) is 0 Å². The number of rotatable bonds is 3. The highest BCUT2D eigenvalue weighted by atomic mass is 35.5. The maximum absolute atomic E-state index is 12.1. The summed E-state index contributed by atoms with van der Waals surface area (Å²) in [4.78, 5) is 16.0. The first-order valence-corrected chi connectivity index (χ1v) is 6.22. The van der Waals surface area contributed by atoms with Crippen LogP contribution < -0.4 is 11.1 Å². The molecule has 19 heavy (non-hydrogen) atoms. The summed E-state index contributed by atoms with van der Waals surface area (Å²) in [7, 11) is 0. The first-order valence-electron chi connectivity index (χ1n) is 5.84. The second kappa shape index (κ2) is 5.71. The molecule has 4 nitrogen and oxygen atoms in total. The summed E-state index contributed by atoms with van der Waals surface area (Å²) in [6.45, 7) is 1.90. The number of carbonyl (C=O) groups excluding carboxylic acids is 1. The average Bonchev–Trinajstić information content (AvgIpc) is 2.42. The van der Waals surface area contributed by atoms with Crippen molar-refractivity contribution in [2.75, 3.05) is 5.73 Å². The van der Waals surface area contributed by atoms with Gasteiger partial charge in [0.05, 0.1) is 23.5 Å². The average molecular weight is 276 g/mol. The van der Waals surface area contributed by atoms with Gasteiger partial charge in [0.2, 0.25) is 0 Å². The molecule has 1 heterocycles. The van der Waals surface area contributed by atoms with Crippen molar-refractivity contribution < 1.29 is 4.79 Å². The Bertz CT molecular complexity index is 586. The Morgan fingerprint density at radius 2 is 2.05 bits per heavy atom. The van der Waals surface area contributed by atoms with Gasteiger partial charge in [-0.3, -0.25) is 4.79 Å². The van der Waals surface area contributed by atoms with Crippen LogP contribution in [0.15, 0.2) is 42.6 Å². The number of hydrogen-bond donors (Lipinski definition) is 2. The second-order valence-electron chi connectivity index (χ2n) is 4.21. The van der Waals surface area contributed by atoms with Crippen LogP contribution in [0.2, 0.25) is 5.15 Å². The molecule has 0 saturated carbocycles. The van der Waals surface area contributed by atoms with Crippen molar-refractivity contribution in [3.8, 4) is 0 Å². The van der Waals surface area contributed by atoms with Crippen LogP contribution in [-0.2, 0) is 0 Å². The van der Waals surface area contributed by atoms with Crippen LogP contribution in [0.1, 0.15) is 28.9 Å². The van der Waals surface area contributed by atoms with Crippen molar-refractivity contribution in [2.45, 2.75) is 13.0 Å². The van der Waals surface area contributed by atoms with Gasteiger partial charge >= 0.3 is 0 Å². The van der Waals surface area contributed by atoms with Crippen LogP contribution in [0.3, 0.4) is 0 Å². The molecule has 0 aliphatic heterocycles. The number of benzene rings is 1. The van der Waals surface area contributed by atoms with Gasteiger partial charge in [-0.2, -0.15) is 0 Å². The quantitative estimate of drug-likeness (QED) is 0.847. The topological polar surface area (TPSA) is 68.0 Å². The summed E-state index contributed by atoms with van der Waals surface area (Å²) in [5.74, 6) is -0.291. The lowest BCUT2D eigenvalue weighted by atomic mass is 10.1. The number of nitrogens with zero attached hydrogens (tertiary/aromatic N) is 1. The summed E-state index contributed by atoms with van der Waals surface area (Å²) in [6.07, 6.45) is 1.42. The first kappa shape index (κ1) is 13.4. The smallest absolute Gasteiger partial charge is 0.254 e. The number of amides is 1. The van der Waals surface area contributed by atoms with E-state index in [1.807, 2.05) is 37.3 Å². The minimum absolute atomic E-state index is 0.119. The fraction of sp³-hybridized carbons (Fsp3) is 0.143. The molecular weight excluding hydrogens is 262 g/mol. The van der Waals surface area contributed by atoms with E-state index in [0.29, 0.717) is 5.69 Å². The Labute approximate surface area is 116 Å². The van der Waals surface area contributed by atoms with Crippen molar-refractivity contribution in [1.82, 2.24) is 10.3 Å². The van der Waals surface area contributed by atoms with E-state index in [2.05, 4.69) is 10.3 Å². The number of nitrogens with one attached hydrogen (secondary N) is 1. The number of nitrogens with two attached hydrogens (primary N) is 1. The minimum atomic E-state index is -0.291. The lowest BCUT2D eigenvalue weighted by Gasteiger charge is -2.14. The number of halogens is 1. The number of hydrogen-bond acceptors (Lipinski definition) is 3. The molecule has 3 N–H and O–H groups in total. The zero-order valence-corrected chi connectivity index (χ0v) is 11.2. The summed E-state index contributed by atoms with van der Waals surface area (Å²) < 4.78 is 0. The van der Waals surface area contributed by atoms with Gasteiger partial charge in [0.15, 0.2) is 0 Å². The molecule has 0 aliphatic rings. The standard InChI is InChI=1S/C14H14ClN3O/c1-9(10-5-3-2-4-6-10)18-14(19)12-7-11(16)8-17-13(12)15/h2-9H,16H2,1H3,(H,18,19)/t9-/m1/s1. The van der Waals surface area contributed by atoms with Gasteiger partial charge in [-0.1, -0.05) is 41.9 Å². The predicted molar refractivity (Wildman–Crippen MR) is 76.0 cm³/mol. The third-order valence-corrected chi connectivity index (χ3v) is 3.05. The molecule has 2 rings (SSSR count). The molecular formula is C14H14ClN3O. The monoisotopic (exact) mass is 275 g/mol. The molecule has 0 aliphatic carbocycles. The summed E-state index contributed by atoms with van der Waals surface area (Å²) in [6, 6.07) is 11.1. The molecule has 98 valence electrons. The molecule has 0 unspecified atom stereocenters. The number of anilines is 1. The SMILES string of the molecule is C[C@@H](NC(=O)c1cc(N)cnc1Cl)c1ccccc1. The minimum Gasteiger partial charge on any atom is -0.397 e. The van der Waals surface area contributed by atoms with E-state index in [1.54, 1.807) is 0 Å². The van der Waals surface area contributed by atoms with E-state index in [0.717, 1.165) is 5.56 Å². The predicted octanol–water partition coefficient (Wildman–Crippen LogP) is 2.81. The van der Waals surface area contributed by atoms with Gasteiger partial charge in [-0.05, 0) is 18.6 Å². The maximum Gasteiger partial charge on any atom is 0.254 e. The molecule has 0 saturated heterocycles. The van der Waals surface area contributed by atoms with E-state index >= 15 is 0 Å². The number of nitrogen functional groups attached to an aromatic ring is 1. The molecule has 1 aromatic carbocycles. The Kier molecular flexibility index (Phi) is 4.02. The Hall–Kier alpha value is -2.07. The van der Waals surface area contributed by atoms with Crippen molar-refractivity contribution >= 4 is 23.2 Å². The van der Waals surface area contributed by atoms with Crippen molar-refractivity contribution in [2.24, 2.45) is 0 Å². The molecule has 0 spiro atoms. The highest BCUT2D eigenvalue weighted by Crippen LogP contribution is 2.18. The second-order valence-corrected chi connectivity index (χ2v) is 4.57. The first-order chi connectivity index (χ1) is 9.08.